The number of aliphatic carboxylic acids is 1. The number of aromatic nitrogens is 1. The fraction of sp³-hybridized carbons (Fsp3) is 0.364. The summed E-state index contributed by atoms with van der Waals surface area (Å²) in [5.41, 5.74) is 2.65. The van der Waals surface area contributed by atoms with E-state index in [-0.39, 0.29) is 15.2 Å². The Kier molecular flexibility index (Phi) is 9.37. The van der Waals surface area contributed by atoms with Crippen molar-refractivity contribution < 1.29 is 19.4 Å². The third-order valence-electron chi connectivity index (χ3n) is 7.60. The molecule has 41 heavy (non-hydrogen) atoms. The van der Waals surface area contributed by atoms with E-state index in [4.69, 9.17) is 9.72 Å². The van der Waals surface area contributed by atoms with Crippen LogP contribution in [-0.4, -0.2) is 35.3 Å². The van der Waals surface area contributed by atoms with Gasteiger partial charge in [-0.15, -0.1) is 0 Å². The molecule has 1 atom stereocenters. The van der Waals surface area contributed by atoms with Crippen LogP contribution < -0.4 is 4.74 Å². The molecule has 2 aromatic heterocycles. The average molecular weight is 697 g/mol. The first-order chi connectivity index (χ1) is 19.5. The first-order valence-electron chi connectivity index (χ1n) is 14.0. The third-order valence-corrected chi connectivity index (χ3v) is 14.3. The maximum absolute atomic E-state index is 13.8. The van der Waals surface area contributed by atoms with E-state index < -0.39 is 20.6 Å². The summed E-state index contributed by atoms with van der Waals surface area (Å²) in [6, 6.07) is 20.0. The molecular weight excluding hydrogens is 661 g/mol. The molecule has 1 aliphatic rings. The SMILES string of the molecule is CC(C)(C)c1ccc(Oc2ccc3cc(C(=O)[As](CC(=O)O)Cc4ccc(Br)s4)nc(CC4CCCC4)c3c2)cc1. The van der Waals surface area contributed by atoms with Gasteiger partial charge >= 0.3 is 234 Å². The van der Waals surface area contributed by atoms with Crippen LogP contribution in [0.5, 0.6) is 11.5 Å². The minimum atomic E-state index is -2.46. The van der Waals surface area contributed by atoms with E-state index in [0.29, 0.717) is 16.8 Å². The van der Waals surface area contributed by atoms with Crippen LogP contribution in [0.4, 0.5) is 0 Å². The van der Waals surface area contributed by atoms with E-state index in [1.165, 1.54) is 31.2 Å². The van der Waals surface area contributed by atoms with Crippen LogP contribution in [0.2, 0.25) is 5.21 Å². The Hall–Kier alpha value is -2.47. The van der Waals surface area contributed by atoms with Gasteiger partial charge in [-0.1, -0.05) is 20.8 Å². The summed E-state index contributed by atoms with van der Waals surface area (Å²) >= 11 is 2.58. The van der Waals surface area contributed by atoms with Crippen molar-refractivity contribution in [2.75, 3.05) is 0 Å². The van der Waals surface area contributed by atoms with Gasteiger partial charge in [0.05, 0.1) is 0 Å². The molecule has 0 amide bonds. The quantitative estimate of drug-likeness (QED) is 0.168. The van der Waals surface area contributed by atoms with Gasteiger partial charge in [0.15, 0.2) is 0 Å². The van der Waals surface area contributed by atoms with E-state index in [1.807, 2.05) is 48.5 Å². The van der Waals surface area contributed by atoms with Crippen LogP contribution in [-0.2, 0) is 21.8 Å². The Labute approximate surface area is 258 Å². The van der Waals surface area contributed by atoms with Gasteiger partial charge in [-0.2, -0.15) is 0 Å². The third kappa shape index (κ3) is 7.68. The number of carbonyl (C=O) groups excluding carboxylic acids is 1. The number of ether oxygens (including phenoxy) is 1. The zero-order valence-electron chi connectivity index (χ0n) is 23.7. The second-order valence-corrected chi connectivity index (χ2v) is 18.8. The summed E-state index contributed by atoms with van der Waals surface area (Å²) in [6.45, 7) is 6.58. The van der Waals surface area contributed by atoms with Crippen LogP contribution in [0.15, 0.2) is 64.5 Å². The number of hydrogen-bond acceptors (Lipinski definition) is 5. The molecule has 1 N–H and O–H groups in total. The van der Waals surface area contributed by atoms with Crippen LogP contribution in [0.1, 0.15) is 73.1 Å². The molecule has 1 aliphatic carbocycles. The van der Waals surface area contributed by atoms with E-state index in [2.05, 4.69) is 48.8 Å². The first-order valence-corrected chi connectivity index (χ1v) is 19.2. The summed E-state index contributed by atoms with van der Waals surface area (Å²) in [6.07, 6.45) is 5.60. The first kappa shape index (κ1) is 30.0. The van der Waals surface area contributed by atoms with E-state index >= 15 is 0 Å². The van der Waals surface area contributed by atoms with Crippen molar-refractivity contribution >= 4 is 63.2 Å². The molecule has 1 fully saturated rings. The molecule has 8 heteroatoms. The van der Waals surface area contributed by atoms with Gasteiger partial charge in [-0.3, -0.25) is 0 Å². The monoisotopic (exact) mass is 695 g/mol. The summed E-state index contributed by atoms with van der Waals surface area (Å²) in [5, 5.41) is 12.0. The van der Waals surface area contributed by atoms with Crippen LogP contribution >= 0.6 is 27.3 Å². The van der Waals surface area contributed by atoms with Gasteiger partial charge in [0.1, 0.15) is 0 Å². The molecule has 0 spiro atoms. The fourth-order valence-corrected chi connectivity index (χ4v) is 11.4. The molecule has 4 aromatic rings. The molecule has 0 radical (unpaired) electrons. The van der Waals surface area contributed by atoms with Crippen LogP contribution in [0, 0.1) is 5.92 Å². The van der Waals surface area contributed by atoms with Gasteiger partial charge in [-0.05, 0) is 5.41 Å². The molecule has 1 unspecified atom stereocenters. The summed E-state index contributed by atoms with van der Waals surface area (Å²) in [7, 11) is 0. The summed E-state index contributed by atoms with van der Waals surface area (Å²) in [4.78, 5) is 31.6. The number of thiophene rings is 1. The number of pyridine rings is 1. The number of benzene rings is 2. The Morgan fingerprint density at radius 1 is 1.02 bits per heavy atom. The number of nitrogens with zero attached hydrogens (tertiary/aromatic N) is 1. The predicted molar refractivity (Wildman–Crippen MR) is 171 cm³/mol. The summed E-state index contributed by atoms with van der Waals surface area (Å²) < 4.78 is 7.16. The van der Waals surface area contributed by atoms with Gasteiger partial charge in [0, 0.05) is 0 Å². The molecule has 2 aromatic carbocycles. The number of carboxylic acid groups (broad SMARTS) is 1. The van der Waals surface area contributed by atoms with E-state index in [0.717, 1.165) is 43.0 Å². The maximum atomic E-state index is 13.8. The van der Waals surface area contributed by atoms with Crippen molar-refractivity contribution in [1.82, 2.24) is 4.98 Å². The topological polar surface area (TPSA) is 76.5 Å². The van der Waals surface area contributed by atoms with Gasteiger partial charge in [0.25, 0.3) is 0 Å². The number of hydrogen-bond donors (Lipinski definition) is 1. The van der Waals surface area contributed by atoms with Gasteiger partial charge < -0.3 is 0 Å². The number of carbonyl (C=O) groups is 2. The predicted octanol–water partition coefficient (Wildman–Crippen LogP) is 8.96. The van der Waals surface area contributed by atoms with Crippen molar-refractivity contribution in [1.29, 1.82) is 0 Å². The standard InChI is InChI=1S/C33H35AsBrNO4S/c1-33(2,3)23-9-12-24(13-10-23)40-25-11-8-22-17-29(36-28(27(22)18-25)16-21-6-4-5-7-21)32(39)34(20-31(37)38)19-26-14-15-30(35)41-26/h8-15,17-18,21H,4-7,16,19-20H2,1-3H3,(H,37,38). The van der Waals surface area contributed by atoms with Crippen molar-refractivity contribution in [3.05, 3.63) is 86.3 Å². The fourth-order valence-electron chi connectivity index (χ4n) is 5.42. The normalized spacial score (nSPS) is 14.8. The Bertz CT molecular complexity index is 1550. The summed E-state index contributed by atoms with van der Waals surface area (Å²) in [5.74, 6) is 1.13. The van der Waals surface area contributed by atoms with Crippen LogP contribution in [0.3, 0.4) is 0 Å². The number of fused-ring (bicyclic) bond motifs is 1. The second kappa shape index (κ2) is 12.8. The second-order valence-electron chi connectivity index (χ2n) is 11.8. The van der Waals surface area contributed by atoms with Crippen molar-refractivity contribution in [3.8, 4) is 11.5 Å². The van der Waals surface area contributed by atoms with Crippen molar-refractivity contribution in [3.63, 3.8) is 0 Å². The van der Waals surface area contributed by atoms with Crippen molar-refractivity contribution in [2.45, 2.75) is 68.7 Å². The van der Waals surface area contributed by atoms with Crippen molar-refractivity contribution in [2.24, 2.45) is 5.92 Å². The van der Waals surface area contributed by atoms with E-state index in [1.54, 1.807) is 11.3 Å². The van der Waals surface area contributed by atoms with E-state index in [9.17, 15) is 14.7 Å². The molecule has 5 rings (SSSR count). The molecule has 1 saturated carbocycles. The molecule has 0 bridgehead atoms. The molecule has 2 heterocycles. The molecule has 214 valence electrons. The minimum absolute atomic E-state index is 0.0711. The molecule has 0 saturated heterocycles. The van der Waals surface area contributed by atoms with Gasteiger partial charge in [-0.25, -0.2) is 0 Å². The average Bonchev–Trinajstić information content (AvgIpc) is 3.59. The molecular formula is C33H35AsBrNO4S. The number of carboxylic acids is 1. The Morgan fingerprint density at radius 2 is 1.73 bits per heavy atom. The zero-order chi connectivity index (χ0) is 29.1. The number of halogens is 1. The zero-order valence-corrected chi connectivity index (χ0v) is 27.9. The molecule has 0 aliphatic heterocycles. The Balaban J connectivity index is 1.48. The van der Waals surface area contributed by atoms with Crippen LogP contribution in [0.25, 0.3) is 10.8 Å². The molecule has 5 nitrogen and oxygen atoms in total. The Morgan fingerprint density at radius 3 is 2.37 bits per heavy atom. The van der Waals surface area contributed by atoms with Gasteiger partial charge in [0.2, 0.25) is 0 Å². The number of rotatable bonds is 10.